The van der Waals surface area contributed by atoms with Gasteiger partial charge in [-0.1, -0.05) is 12.1 Å². The highest BCUT2D eigenvalue weighted by Gasteiger charge is 2.14. The lowest BCUT2D eigenvalue weighted by Crippen LogP contribution is -2.12. The van der Waals surface area contributed by atoms with Crippen LogP contribution < -0.4 is 10.1 Å². The van der Waals surface area contributed by atoms with Crippen LogP contribution in [0.3, 0.4) is 0 Å². The molecule has 28 heavy (non-hydrogen) atoms. The molecular weight excluding hydrogens is 358 g/mol. The van der Waals surface area contributed by atoms with Crippen molar-refractivity contribution < 1.29 is 14.5 Å². The van der Waals surface area contributed by atoms with E-state index in [4.69, 9.17) is 4.74 Å². The first kappa shape index (κ1) is 17.3. The summed E-state index contributed by atoms with van der Waals surface area (Å²) in [6.07, 6.45) is 1.84. The first-order chi connectivity index (χ1) is 13.6. The number of carbonyl (C=O) groups is 1. The van der Waals surface area contributed by atoms with E-state index in [1.54, 1.807) is 24.3 Å². The SMILES string of the molecule is O=C(Nc1ccc2[nH]ccc2c1)c1ccccc1Oc1ccc([N+](=O)[O-])cc1. The van der Waals surface area contributed by atoms with Crippen LogP contribution in [0.1, 0.15) is 10.4 Å². The van der Waals surface area contributed by atoms with Crippen LogP contribution in [-0.4, -0.2) is 15.8 Å². The molecular formula is C21H15N3O4. The molecule has 1 heterocycles. The van der Waals surface area contributed by atoms with Crippen molar-refractivity contribution in [1.29, 1.82) is 0 Å². The fourth-order valence-corrected chi connectivity index (χ4v) is 2.84. The van der Waals surface area contributed by atoms with Crippen molar-refractivity contribution in [2.45, 2.75) is 0 Å². The normalized spacial score (nSPS) is 10.6. The number of anilines is 1. The lowest BCUT2D eigenvalue weighted by Gasteiger charge is -2.11. The van der Waals surface area contributed by atoms with Crippen LogP contribution in [0.4, 0.5) is 11.4 Å². The van der Waals surface area contributed by atoms with Crippen LogP contribution in [-0.2, 0) is 0 Å². The van der Waals surface area contributed by atoms with Crippen LogP contribution in [0.15, 0.2) is 79.0 Å². The zero-order valence-electron chi connectivity index (χ0n) is 14.6. The lowest BCUT2D eigenvalue weighted by molar-refractivity contribution is -0.384. The van der Waals surface area contributed by atoms with Gasteiger partial charge in [-0.15, -0.1) is 0 Å². The summed E-state index contributed by atoms with van der Waals surface area (Å²) in [5.74, 6) is 0.448. The summed E-state index contributed by atoms with van der Waals surface area (Å²) in [7, 11) is 0. The number of hydrogen-bond donors (Lipinski definition) is 2. The number of ether oxygens (including phenoxy) is 1. The van der Waals surface area contributed by atoms with E-state index in [-0.39, 0.29) is 11.6 Å². The van der Waals surface area contributed by atoms with Crippen molar-refractivity contribution >= 4 is 28.2 Å². The largest absolute Gasteiger partial charge is 0.457 e. The molecule has 0 aliphatic rings. The molecule has 0 radical (unpaired) electrons. The number of rotatable bonds is 5. The molecule has 0 spiro atoms. The minimum atomic E-state index is -0.480. The number of hydrogen-bond acceptors (Lipinski definition) is 4. The number of para-hydroxylation sites is 1. The third-order valence-electron chi connectivity index (χ3n) is 4.22. The number of aromatic nitrogens is 1. The molecule has 138 valence electrons. The Morgan fingerprint density at radius 3 is 2.57 bits per heavy atom. The molecule has 3 aromatic carbocycles. The number of benzene rings is 3. The molecule has 4 rings (SSSR count). The number of fused-ring (bicyclic) bond motifs is 1. The average molecular weight is 373 g/mol. The summed E-state index contributed by atoms with van der Waals surface area (Å²) < 4.78 is 5.77. The van der Waals surface area contributed by atoms with Gasteiger partial charge in [0.2, 0.25) is 0 Å². The number of amides is 1. The minimum Gasteiger partial charge on any atom is -0.457 e. The zero-order chi connectivity index (χ0) is 19.5. The van der Waals surface area contributed by atoms with Gasteiger partial charge in [-0.05, 0) is 48.5 Å². The maximum atomic E-state index is 12.8. The maximum Gasteiger partial charge on any atom is 0.269 e. The van der Waals surface area contributed by atoms with Gasteiger partial charge in [-0.2, -0.15) is 0 Å². The molecule has 7 heteroatoms. The van der Waals surface area contributed by atoms with Crippen molar-refractivity contribution in [3.63, 3.8) is 0 Å². The monoisotopic (exact) mass is 373 g/mol. The fourth-order valence-electron chi connectivity index (χ4n) is 2.84. The Bertz CT molecular complexity index is 1170. The highest BCUT2D eigenvalue weighted by atomic mass is 16.6. The molecule has 7 nitrogen and oxygen atoms in total. The van der Waals surface area contributed by atoms with Gasteiger partial charge in [-0.25, -0.2) is 0 Å². The Labute approximate surface area is 159 Å². The van der Waals surface area contributed by atoms with Crippen LogP contribution in [0.2, 0.25) is 0 Å². The van der Waals surface area contributed by atoms with Crippen molar-refractivity contribution in [1.82, 2.24) is 4.98 Å². The van der Waals surface area contributed by atoms with E-state index in [0.717, 1.165) is 10.9 Å². The van der Waals surface area contributed by atoms with Crippen molar-refractivity contribution in [3.05, 3.63) is 94.7 Å². The summed E-state index contributed by atoms with van der Waals surface area (Å²) in [6, 6.07) is 20.0. The van der Waals surface area contributed by atoms with Crippen molar-refractivity contribution in [3.8, 4) is 11.5 Å². The molecule has 4 aromatic rings. The topological polar surface area (TPSA) is 97.3 Å². The second kappa shape index (κ2) is 7.24. The summed E-state index contributed by atoms with van der Waals surface area (Å²) >= 11 is 0. The van der Waals surface area contributed by atoms with E-state index in [1.807, 2.05) is 30.5 Å². The summed E-state index contributed by atoms with van der Waals surface area (Å²) in [5.41, 5.74) is 1.98. The number of aromatic amines is 1. The molecule has 0 atom stereocenters. The predicted molar refractivity (Wildman–Crippen MR) is 106 cm³/mol. The maximum absolute atomic E-state index is 12.8. The number of H-pyrrole nitrogens is 1. The molecule has 0 bridgehead atoms. The number of nitro groups is 1. The van der Waals surface area contributed by atoms with Gasteiger partial charge in [0.15, 0.2) is 0 Å². The Balaban J connectivity index is 1.56. The third-order valence-corrected chi connectivity index (χ3v) is 4.22. The minimum absolute atomic E-state index is 0.0291. The molecule has 0 saturated carbocycles. The fraction of sp³-hybridized carbons (Fsp3) is 0. The second-order valence-corrected chi connectivity index (χ2v) is 6.08. The van der Waals surface area contributed by atoms with Gasteiger partial charge in [0, 0.05) is 34.9 Å². The zero-order valence-corrected chi connectivity index (χ0v) is 14.6. The molecule has 0 fully saturated rings. The third kappa shape index (κ3) is 3.54. The first-order valence-corrected chi connectivity index (χ1v) is 8.50. The number of nitro benzene ring substituents is 1. The van der Waals surface area contributed by atoms with E-state index in [2.05, 4.69) is 10.3 Å². The van der Waals surface area contributed by atoms with Gasteiger partial charge in [0.25, 0.3) is 11.6 Å². The Morgan fingerprint density at radius 1 is 1.00 bits per heavy atom. The van der Waals surface area contributed by atoms with Crippen molar-refractivity contribution in [2.75, 3.05) is 5.32 Å². The van der Waals surface area contributed by atoms with Gasteiger partial charge in [0.1, 0.15) is 11.5 Å². The molecule has 2 N–H and O–H groups in total. The molecule has 0 aliphatic carbocycles. The smallest absolute Gasteiger partial charge is 0.269 e. The second-order valence-electron chi connectivity index (χ2n) is 6.08. The number of non-ortho nitro benzene ring substituents is 1. The molecule has 0 saturated heterocycles. The van der Waals surface area contributed by atoms with Gasteiger partial charge < -0.3 is 15.0 Å². The Kier molecular flexibility index (Phi) is 4.47. The van der Waals surface area contributed by atoms with E-state index in [0.29, 0.717) is 22.7 Å². The van der Waals surface area contributed by atoms with Gasteiger partial charge >= 0.3 is 0 Å². The summed E-state index contributed by atoms with van der Waals surface area (Å²) in [6.45, 7) is 0. The molecule has 1 aromatic heterocycles. The molecule has 0 aliphatic heterocycles. The highest BCUT2D eigenvalue weighted by molar-refractivity contribution is 6.07. The predicted octanol–water partition coefficient (Wildman–Crippen LogP) is 5.12. The Morgan fingerprint density at radius 2 is 1.79 bits per heavy atom. The quantitative estimate of drug-likeness (QED) is 0.375. The van der Waals surface area contributed by atoms with E-state index >= 15 is 0 Å². The van der Waals surface area contributed by atoms with Gasteiger partial charge in [0.05, 0.1) is 10.5 Å². The van der Waals surface area contributed by atoms with E-state index in [1.165, 1.54) is 24.3 Å². The van der Waals surface area contributed by atoms with Crippen LogP contribution >= 0.6 is 0 Å². The standard InChI is InChI=1S/C21H15N3O4/c25-21(23-15-5-10-19-14(13-15)11-12-22-19)18-3-1-2-4-20(18)28-17-8-6-16(7-9-17)24(26)27/h1-13,22H,(H,23,25). The first-order valence-electron chi connectivity index (χ1n) is 8.50. The van der Waals surface area contributed by atoms with Crippen molar-refractivity contribution in [2.24, 2.45) is 0 Å². The summed E-state index contributed by atoms with van der Waals surface area (Å²) in [5, 5.41) is 14.6. The number of nitrogens with zero attached hydrogens (tertiary/aromatic N) is 1. The average Bonchev–Trinajstić information content (AvgIpc) is 3.16. The van der Waals surface area contributed by atoms with Gasteiger partial charge in [-0.3, -0.25) is 14.9 Å². The highest BCUT2D eigenvalue weighted by Crippen LogP contribution is 2.28. The summed E-state index contributed by atoms with van der Waals surface area (Å²) in [4.78, 5) is 26.1. The van der Waals surface area contributed by atoms with Crippen LogP contribution in [0.25, 0.3) is 10.9 Å². The van der Waals surface area contributed by atoms with Crippen LogP contribution in [0, 0.1) is 10.1 Å². The number of carbonyl (C=O) groups excluding carboxylic acids is 1. The lowest BCUT2D eigenvalue weighted by atomic mass is 10.1. The van der Waals surface area contributed by atoms with Crippen LogP contribution in [0.5, 0.6) is 11.5 Å². The molecule has 1 amide bonds. The van der Waals surface area contributed by atoms with E-state index in [9.17, 15) is 14.9 Å². The molecule has 0 unspecified atom stereocenters. The Hall–Kier alpha value is -4.13. The number of nitrogens with one attached hydrogen (secondary N) is 2. The van der Waals surface area contributed by atoms with E-state index < -0.39 is 4.92 Å².